The SMILES string of the molecule is N#Cc1ccc(N2[C@@H]3CC[C@H]2C[C@@H](OCc2c(-c4ccccc4Cl)noc2C2CC2)C3)nc1. The van der Waals surface area contributed by atoms with E-state index < -0.39 is 0 Å². The highest BCUT2D eigenvalue weighted by atomic mass is 35.5. The summed E-state index contributed by atoms with van der Waals surface area (Å²) in [6, 6.07) is 14.6. The van der Waals surface area contributed by atoms with Gasteiger partial charge in [0, 0.05) is 35.3 Å². The molecule has 3 atom stereocenters. The summed E-state index contributed by atoms with van der Waals surface area (Å²) in [6.45, 7) is 0.495. The number of benzene rings is 1. The highest BCUT2D eigenvalue weighted by Crippen LogP contribution is 2.45. The van der Waals surface area contributed by atoms with Crippen molar-refractivity contribution in [3.05, 3.63) is 64.5 Å². The number of pyridine rings is 1. The van der Waals surface area contributed by atoms with E-state index in [-0.39, 0.29) is 6.10 Å². The molecule has 0 amide bonds. The van der Waals surface area contributed by atoms with Crippen molar-refractivity contribution in [2.45, 2.75) is 69.2 Å². The van der Waals surface area contributed by atoms with Gasteiger partial charge in [-0.1, -0.05) is 35.0 Å². The number of hydrogen-bond acceptors (Lipinski definition) is 6. The maximum absolute atomic E-state index is 9.05. The summed E-state index contributed by atoms with van der Waals surface area (Å²) < 4.78 is 12.3. The third-order valence-corrected chi connectivity index (χ3v) is 7.52. The lowest BCUT2D eigenvalue weighted by Gasteiger charge is -2.39. The largest absolute Gasteiger partial charge is 0.373 e. The molecule has 1 aliphatic carbocycles. The van der Waals surface area contributed by atoms with Gasteiger partial charge in [0.05, 0.1) is 23.3 Å². The summed E-state index contributed by atoms with van der Waals surface area (Å²) in [5.41, 5.74) is 3.35. The molecule has 6 nitrogen and oxygen atoms in total. The standard InChI is InChI=1S/C26H25ClN4O2/c27-23-4-2-1-3-21(23)25-22(26(33-30-25)17-6-7-17)15-32-20-11-18-8-9-19(12-20)31(18)24-10-5-16(13-28)14-29-24/h1-5,10,14,17-20H,6-9,11-12,15H2/t18-,19+,20+. The van der Waals surface area contributed by atoms with Gasteiger partial charge in [-0.15, -0.1) is 0 Å². The second-order valence-corrected chi connectivity index (χ2v) is 9.75. The van der Waals surface area contributed by atoms with E-state index in [9.17, 15) is 0 Å². The van der Waals surface area contributed by atoms with Gasteiger partial charge in [-0.05, 0) is 56.7 Å². The van der Waals surface area contributed by atoms with Crippen LogP contribution in [0, 0.1) is 11.3 Å². The van der Waals surface area contributed by atoms with Crippen LogP contribution >= 0.6 is 11.6 Å². The first kappa shape index (κ1) is 20.7. The van der Waals surface area contributed by atoms with E-state index >= 15 is 0 Å². The molecule has 2 aliphatic heterocycles. The summed E-state index contributed by atoms with van der Waals surface area (Å²) in [7, 11) is 0. The first-order valence-electron chi connectivity index (χ1n) is 11.7. The second kappa shape index (κ2) is 8.48. The molecule has 1 saturated carbocycles. The van der Waals surface area contributed by atoms with E-state index in [1.165, 1.54) is 0 Å². The zero-order valence-corrected chi connectivity index (χ0v) is 19.0. The summed E-state index contributed by atoms with van der Waals surface area (Å²) in [4.78, 5) is 6.98. The Balaban J connectivity index is 1.19. The Labute approximate surface area is 198 Å². The predicted molar refractivity (Wildman–Crippen MR) is 125 cm³/mol. The van der Waals surface area contributed by atoms with Crippen LogP contribution in [0.5, 0.6) is 0 Å². The first-order valence-corrected chi connectivity index (χ1v) is 12.1. The molecule has 2 aromatic heterocycles. The average molecular weight is 461 g/mol. The van der Waals surface area contributed by atoms with Crippen LogP contribution in [0.3, 0.4) is 0 Å². The molecule has 0 spiro atoms. The molecule has 2 saturated heterocycles. The molecule has 0 unspecified atom stereocenters. The number of aromatic nitrogens is 2. The summed E-state index contributed by atoms with van der Waals surface area (Å²) in [6.07, 6.45) is 8.40. The zero-order valence-electron chi connectivity index (χ0n) is 18.3. The molecular weight excluding hydrogens is 436 g/mol. The fraction of sp³-hybridized carbons (Fsp3) is 0.423. The van der Waals surface area contributed by atoms with Crippen LogP contribution < -0.4 is 4.90 Å². The Morgan fingerprint density at radius 2 is 1.88 bits per heavy atom. The predicted octanol–water partition coefficient (Wildman–Crippen LogP) is 5.86. The number of fused-ring (bicyclic) bond motifs is 2. The third-order valence-electron chi connectivity index (χ3n) is 7.19. The molecule has 1 aromatic carbocycles. The summed E-state index contributed by atoms with van der Waals surface area (Å²) in [5.74, 6) is 2.39. The topological polar surface area (TPSA) is 75.2 Å². The van der Waals surface area contributed by atoms with Gasteiger partial charge in [-0.25, -0.2) is 4.98 Å². The highest BCUT2D eigenvalue weighted by Gasteiger charge is 2.42. The number of anilines is 1. The lowest BCUT2D eigenvalue weighted by atomic mass is 9.99. The number of rotatable bonds is 6. The minimum absolute atomic E-state index is 0.193. The minimum atomic E-state index is 0.193. The maximum Gasteiger partial charge on any atom is 0.145 e. The van der Waals surface area contributed by atoms with Gasteiger partial charge < -0.3 is 14.2 Å². The van der Waals surface area contributed by atoms with E-state index in [0.29, 0.717) is 35.2 Å². The normalized spacial score (nSPS) is 24.1. The average Bonchev–Trinajstić information content (AvgIpc) is 3.55. The molecule has 2 bridgehead atoms. The Hall–Kier alpha value is -2.88. The number of nitrogens with zero attached hydrogens (tertiary/aromatic N) is 4. The molecule has 6 rings (SSSR count). The van der Waals surface area contributed by atoms with Crippen molar-refractivity contribution in [2.75, 3.05) is 4.90 Å². The van der Waals surface area contributed by atoms with Gasteiger partial charge >= 0.3 is 0 Å². The van der Waals surface area contributed by atoms with E-state index in [2.05, 4.69) is 21.1 Å². The number of hydrogen-bond donors (Lipinski definition) is 0. The lowest BCUT2D eigenvalue weighted by Crippen LogP contribution is -2.46. The van der Waals surface area contributed by atoms with Crippen LogP contribution in [0.25, 0.3) is 11.3 Å². The van der Waals surface area contributed by atoms with Crippen LogP contribution in [0.1, 0.15) is 61.3 Å². The van der Waals surface area contributed by atoms with Gasteiger partial charge in [-0.3, -0.25) is 0 Å². The van der Waals surface area contributed by atoms with Crippen molar-refractivity contribution >= 4 is 17.4 Å². The van der Waals surface area contributed by atoms with Crippen LogP contribution in [-0.2, 0) is 11.3 Å². The van der Waals surface area contributed by atoms with Crippen molar-refractivity contribution in [2.24, 2.45) is 0 Å². The quantitative estimate of drug-likeness (QED) is 0.459. The second-order valence-electron chi connectivity index (χ2n) is 9.34. The molecule has 4 heterocycles. The Bertz CT molecular complexity index is 1180. The fourth-order valence-corrected chi connectivity index (χ4v) is 5.66. The monoisotopic (exact) mass is 460 g/mol. The molecule has 3 aliphatic rings. The summed E-state index contributed by atoms with van der Waals surface area (Å²) in [5, 5.41) is 14.1. The fourth-order valence-electron chi connectivity index (χ4n) is 5.44. The van der Waals surface area contributed by atoms with Crippen LogP contribution in [0.15, 0.2) is 47.1 Å². The molecular formula is C26H25ClN4O2. The van der Waals surface area contributed by atoms with Crippen LogP contribution in [0.4, 0.5) is 5.82 Å². The number of piperidine rings is 1. The molecule has 3 fully saturated rings. The van der Waals surface area contributed by atoms with Crippen molar-refractivity contribution < 1.29 is 9.26 Å². The first-order chi connectivity index (χ1) is 16.2. The number of halogens is 1. The smallest absolute Gasteiger partial charge is 0.145 e. The van der Waals surface area contributed by atoms with Gasteiger partial charge in [0.15, 0.2) is 0 Å². The lowest BCUT2D eigenvalue weighted by molar-refractivity contribution is 0.0146. The van der Waals surface area contributed by atoms with E-state index in [1.807, 2.05) is 36.4 Å². The summed E-state index contributed by atoms with van der Waals surface area (Å²) >= 11 is 6.47. The van der Waals surface area contributed by atoms with E-state index in [0.717, 1.165) is 66.9 Å². The highest BCUT2D eigenvalue weighted by molar-refractivity contribution is 6.33. The molecule has 168 valence electrons. The van der Waals surface area contributed by atoms with Gasteiger partial charge in [0.2, 0.25) is 0 Å². The van der Waals surface area contributed by atoms with Gasteiger partial charge in [0.25, 0.3) is 0 Å². The zero-order chi connectivity index (χ0) is 22.4. The molecule has 33 heavy (non-hydrogen) atoms. The molecule has 3 aromatic rings. The van der Waals surface area contributed by atoms with Crippen molar-refractivity contribution in [1.82, 2.24) is 10.1 Å². The van der Waals surface area contributed by atoms with Crippen LogP contribution in [0.2, 0.25) is 5.02 Å². The Morgan fingerprint density at radius 3 is 2.55 bits per heavy atom. The van der Waals surface area contributed by atoms with E-state index in [1.54, 1.807) is 6.20 Å². The molecule has 0 N–H and O–H groups in total. The van der Waals surface area contributed by atoms with Gasteiger partial charge in [0.1, 0.15) is 23.3 Å². The minimum Gasteiger partial charge on any atom is -0.373 e. The Morgan fingerprint density at radius 1 is 1.09 bits per heavy atom. The van der Waals surface area contributed by atoms with Crippen molar-refractivity contribution in [3.8, 4) is 17.3 Å². The Kier molecular flexibility index (Phi) is 5.32. The third kappa shape index (κ3) is 3.90. The molecule has 0 radical (unpaired) electrons. The number of nitriles is 1. The maximum atomic E-state index is 9.05. The van der Waals surface area contributed by atoms with E-state index in [4.69, 9.17) is 26.1 Å². The van der Waals surface area contributed by atoms with Gasteiger partial charge in [-0.2, -0.15) is 5.26 Å². The van der Waals surface area contributed by atoms with Crippen molar-refractivity contribution in [3.63, 3.8) is 0 Å². The number of ether oxygens (including phenoxy) is 1. The van der Waals surface area contributed by atoms with Crippen molar-refractivity contribution in [1.29, 1.82) is 5.26 Å². The van der Waals surface area contributed by atoms with Crippen LogP contribution in [-0.4, -0.2) is 28.3 Å². The molecule has 7 heteroatoms.